The van der Waals surface area contributed by atoms with Crippen LogP contribution in [0.2, 0.25) is 5.02 Å². The molecule has 150 valence electrons. The number of thioether (sulfide) groups is 1. The fraction of sp³-hybridized carbons (Fsp3) is 0.238. The Morgan fingerprint density at radius 1 is 1.14 bits per heavy atom. The molecule has 0 atom stereocenters. The summed E-state index contributed by atoms with van der Waals surface area (Å²) >= 11 is 7.45. The van der Waals surface area contributed by atoms with E-state index in [1.165, 1.54) is 23.9 Å². The summed E-state index contributed by atoms with van der Waals surface area (Å²) in [6, 6.07) is 14.0. The van der Waals surface area contributed by atoms with E-state index in [2.05, 4.69) is 14.9 Å². The number of aromatic nitrogens is 2. The highest BCUT2D eigenvalue weighted by atomic mass is 35.5. The lowest BCUT2D eigenvalue weighted by Crippen LogP contribution is -2.49. The van der Waals surface area contributed by atoms with Gasteiger partial charge in [0.15, 0.2) is 5.16 Å². The molecule has 0 unspecified atom stereocenters. The van der Waals surface area contributed by atoms with Crippen molar-refractivity contribution in [2.75, 3.05) is 36.8 Å². The quantitative estimate of drug-likeness (QED) is 0.613. The molecule has 3 aromatic rings. The molecule has 2 aromatic carbocycles. The first-order chi connectivity index (χ1) is 14.1. The van der Waals surface area contributed by atoms with Gasteiger partial charge in [-0.15, -0.1) is 0 Å². The third-order valence-corrected chi connectivity index (χ3v) is 5.95. The van der Waals surface area contributed by atoms with Crippen molar-refractivity contribution in [3.05, 3.63) is 65.6 Å². The van der Waals surface area contributed by atoms with Crippen LogP contribution in [0, 0.1) is 5.82 Å². The van der Waals surface area contributed by atoms with Gasteiger partial charge in [0.25, 0.3) is 0 Å². The van der Waals surface area contributed by atoms with E-state index in [9.17, 15) is 9.18 Å². The number of carbonyl (C=O) groups is 1. The minimum Gasteiger partial charge on any atom is -0.368 e. The number of nitrogens with zero attached hydrogens (tertiary/aromatic N) is 3. The number of H-pyrrole nitrogens is 1. The van der Waals surface area contributed by atoms with Gasteiger partial charge in [0, 0.05) is 36.9 Å². The standard InChI is InChI=1S/C21H20ClFN4OS/c22-16-2-1-3-18(12-16)26-8-10-27(11-9-26)20(28)14-29-21-24-13-19(25-21)15-4-6-17(23)7-5-15/h1-7,12-13H,8-11,14H2,(H,24,25). The lowest BCUT2D eigenvalue weighted by atomic mass is 10.2. The van der Waals surface area contributed by atoms with Crippen LogP contribution in [0.1, 0.15) is 0 Å². The Bertz CT molecular complexity index is 986. The molecule has 0 aliphatic carbocycles. The van der Waals surface area contributed by atoms with Crippen molar-refractivity contribution in [1.29, 1.82) is 0 Å². The van der Waals surface area contributed by atoms with Crippen LogP contribution in [-0.4, -0.2) is 52.7 Å². The van der Waals surface area contributed by atoms with Gasteiger partial charge in [0.05, 0.1) is 17.6 Å². The summed E-state index contributed by atoms with van der Waals surface area (Å²) in [5.74, 6) is 0.150. The Labute approximate surface area is 177 Å². The Balaban J connectivity index is 1.28. The number of hydrogen-bond donors (Lipinski definition) is 1. The highest BCUT2D eigenvalue weighted by molar-refractivity contribution is 7.99. The van der Waals surface area contributed by atoms with E-state index < -0.39 is 0 Å². The number of piperazine rings is 1. The number of benzene rings is 2. The van der Waals surface area contributed by atoms with Crippen LogP contribution in [0.5, 0.6) is 0 Å². The lowest BCUT2D eigenvalue weighted by molar-refractivity contribution is -0.128. The second-order valence-electron chi connectivity index (χ2n) is 6.75. The summed E-state index contributed by atoms with van der Waals surface area (Å²) < 4.78 is 13.1. The molecule has 4 rings (SSSR count). The summed E-state index contributed by atoms with van der Waals surface area (Å²) in [7, 11) is 0. The molecule has 1 aliphatic heterocycles. The van der Waals surface area contributed by atoms with Crippen molar-refractivity contribution in [3.63, 3.8) is 0 Å². The third-order valence-electron chi connectivity index (χ3n) is 4.85. The molecule has 1 amide bonds. The predicted molar refractivity (Wildman–Crippen MR) is 115 cm³/mol. The molecule has 2 heterocycles. The highest BCUT2D eigenvalue weighted by Gasteiger charge is 2.21. The van der Waals surface area contributed by atoms with Gasteiger partial charge in [-0.05, 0) is 48.0 Å². The molecule has 0 saturated carbocycles. The summed E-state index contributed by atoms with van der Waals surface area (Å²) in [4.78, 5) is 24.2. The van der Waals surface area contributed by atoms with E-state index in [4.69, 9.17) is 11.6 Å². The van der Waals surface area contributed by atoms with E-state index in [-0.39, 0.29) is 11.7 Å². The van der Waals surface area contributed by atoms with Crippen LogP contribution in [0.15, 0.2) is 59.9 Å². The van der Waals surface area contributed by atoms with E-state index in [0.717, 1.165) is 35.1 Å². The van der Waals surface area contributed by atoms with Crippen molar-refractivity contribution < 1.29 is 9.18 Å². The van der Waals surface area contributed by atoms with Gasteiger partial charge in [-0.2, -0.15) is 0 Å². The van der Waals surface area contributed by atoms with Gasteiger partial charge in [-0.25, -0.2) is 9.37 Å². The monoisotopic (exact) mass is 430 g/mol. The van der Waals surface area contributed by atoms with E-state index in [1.807, 2.05) is 29.2 Å². The van der Waals surface area contributed by atoms with Gasteiger partial charge in [-0.3, -0.25) is 4.79 Å². The topological polar surface area (TPSA) is 52.2 Å². The van der Waals surface area contributed by atoms with E-state index >= 15 is 0 Å². The molecule has 1 saturated heterocycles. The first kappa shape index (κ1) is 19.8. The van der Waals surface area contributed by atoms with Crippen molar-refractivity contribution in [2.45, 2.75) is 5.16 Å². The number of hydrogen-bond acceptors (Lipinski definition) is 4. The van der Waals surface area contributed by atoms with Crippen LogP contribution in [-0.2, 0) is 4.79 Å². The molecule has 29 heavy (non-hydrogen) atoms. The molecule has 1 fully saturated rings. The minimum absolute atomic E-state index is 0.0977. The van der Waals surface area contributed by atoms with Gasteiger partial charge in [0.1, 0.15) is 5.82 Å². The second kappa shape index (κ2) is 8.88. The van der Waals surface area contributed by atoms with Crippen LogP contribution in [0.4, 0.5) is 10.1 Å². The maximum absolute atomic E-state index is 13.1. The van der Waals surface area contributed by atoms with Gasteiger partial charge in [0.2, 0.25) is 5.91 Å². The Kier molecular flexibility index (Phi) is 6.06. The zero-order valence-corrected chi connectivity index (χ0v) is 17.2. The molecule has 1 aliphatic rings. The van der Waals surface area contributed by atoms with Crippen LogP contribution >= 0.6 is 23.4 Å². The number of aromatic amines is 1. The molecule has 0 radical (unpaired) electrons. The number of amides is 1. The number of imidazole rings is 1. The number of nitrogens with one attached hydrogen (secondary N) is 1. The maximum atomic E-state index is 13.1. The molecule has 1 N–H and O–H groups in total. The Morgan fingerprint density at radius 2 is 1.90 bits per heavy atom. The summed E-state index contributed by atoms with van der Waals surface area (Å²) in [6.07, 6.45) is 1.70. The van der Waals surface area contributed by atoms with Crippen LogP contribution in [0.25, 0.3) is 11.3 Å². The zero-order chi connectivity index (χ0) is 20.2. The Hall–Kier alpha value is -2.51. The molecular formula is C21H20ClFN4OS. The largest absolute Gasteiger partial charge is 0.368 e. The Morgan fingerprint density at radius 3 is 2.62 bits per heavy atom. The average Bonchev–Trinajstić information content (AvgIpc) is 3.22. The third kappa shape index (κ3) is 4.92. The summed E-state index contributed by atoms with van der Waals surface area (Å²) in [5.41, 5.74) is 2.74. The fourth-order valence-electron chi connectivity index (χ4n) is 3.26. The molecular weight excluding hydrogens is 411 g/mol. The second-order valence-corrected chi connectivity index (χ2v) is 8.15. The first-order valence-electron chi connectivity index (χ1n) is 9.30. The average molecular weight is 431 g/mol. The van der Waals surface area contributed by atoms with Crippen molar-refractivity contribution >= 4 is 35.0 Å². The van der Waals surface area contributed by atoms with Crippen molar-refractivity contribution in [3.8, 4) is 11.3 Å². The fourth-order valence-corrected chi connectivity index (χ4v) is 4.20. The van der Waals surface area contributed by atoms with Gasteiger partial charge >= 0.3 is 0 Å². The summed E-state index contributed by atoms with van der Waals surface area (Å²) in [5, 5.41) is 1.39. The minimum atomic E-state index is -0.274. The van der Waals surface area contributed by atoms with Crippen molar-refractivity contribution in [2.24, 2.45) is 0 Å². The normalized spacial score (nSPS) is 14.3. The first-order valence-corrected chi connectivity index (χ1v) is 10.7. The molecule has 0 bridgehead atoms. The van der Waals surface area contributed by atoms with E-state index in [1.54, 1.807) is 18.3 Å². The molecule has 5 nitrogen and oxygen atoms in total. The van der Waals surface area contributed by atoms with Crippen molar-refractivity contribution in [1.82, 2.24) is 14.9 Å². The lowest BCUT2D eigenvalue weighted by Gasteiger charge is -2.36. The van der Waals surface area contributed by atoms with Gasteiger partial charge < -0.3 is 14.8 Å². The molecule has 1 aromatic heterocycles. The van der Waals surface area contributed by atoms with E-state index in [0.29, 0.717) is 24.0 Å². The predicted octanol–water partition coefficient (Wildman–Crippen LogP) is 4.31. The molecule has 0 spiro atoms. The number of anilines is 1. The maximum Gasteiger partial charge on any atom is 0.233 e. The zero-order valence-electron chi connectivity index (χ0n) is 15.6. The smallest absolute Gasteiger partial charge is 0.233 e. The van der Waals surface area contributed by atoms with Gasteiger partial charge in [-0.1, -0.05) is 29.4 Å². The number of halogens is 2. The number of rotatable bonds is 5. The highest BCUT2D eigenvalue weighted by Crippen LogP contribution is 2.23. The van der Waals surface area contributed by atoms with Crippen LogP contribution < -0.4 is 4.90 Å². The summed E-state index contributed by atoms with van der Waals surface area (Å²) in [6.45, 7) is 2.94. The SMILES string of the molecule is O=C(CSc1ncc(-c2ccc(F)cc2)[nH]1)N1CCN(c2cccc(Cl)c2)CC1. The molecule has 8 heteroatoms. The number of carbonyl (C=O) groups excluding carboxylic acids is 1. The van der Waals surface area contributed by atoms with Crippen LogP contribution in [0.3, 0.4) is 0 Å².